The van der Waals surface area contributed by atoms with Crippen LogP contribution in [-0.2, 0) is 14.3 Å². The van der Waals surface area contributed by atoms with Gasteiger partial charge in [0.05, 0.1) is 5.92 Å². The summed E-state index contributed by atoms with van der Waals surface area (Å²) >= 11 is 0. The molecule has 3 nitrogen and oxygen atoms in total. The molecule has 1 aliphatic heterocycles. The highest BCUT2D eigenvalue weighted by Gasteiger charge is 2.41. The highest BCUT2D eigenvalue weighted by Crippen LogP contribution is 2.27. The van der Waals surface area contributed by atoms with Crippen molar-refractivity contribution in [2.45, 2.75) is 33.8 Å². The van der Waals surface area contributed by atoms with Gasteiger partial charge in [-0.1, -0.05) is 26.0 Å². The van der Waals surface area contributed by atoms with E-state index in [1.54, 1.807) is 6.92 Å². The third-order valence-corrected chi connectivity index (χ3v) is 2.99. The molecule has 0 spiro atoms. The number of Topliss-reactive ketones (excluding diaryl/α,β-unsaturated/α-hetero) is 1. The van der Waals surface area contributed by atoms with E-state index in [0.717, 1.165) is 0 Å². The Hall–Kier alpha value is -1.12. The molecule has 84 valence electrons. The fraction of sp³-hybridized carbons (Fsp3) is 0.667. The Kier molecular flexibility index (Phi) is 3.66. The second kappa shape index (κ2) is 4.60. The van der Waals surface area contributed by atoms with Crippen LogP contribution in [0.5, 0.6) is 0 Å². The summed E-state index contributed by atoms with van der Waals surface area (Å²) in [6.07, 6.45) is 3.56. The molecular formula is C12H18O3. The number of carbonyl (C=O) groups is 2. The highest BCUT2D eigenvalue weighted by molar-refractivity contribution is 6.01. The van der Waals surface area contributed by atoms with Crippen molar-refractivity contribution >= 4 is 11.8 Å². The molecule has 0 aromatic carbocycles. The van der Waals surface area contributed by atoms with E-state index < -0.39 is 5.92 Å². The van der Waals surface area contributed by atoms with E-state index in [1.807, 2.05) is 32.9 Å². The lowest BCUT2D eigenvalue weighted by molar-refractivity contribution is -0.171. The molecule has 0 N–H and O–H groups in total. The van der Waals surface area contributed by atoms with Crippen LogP contribution in [0, 0.1) is 17.8 Å². The third-order valence-electron chi connectivity index (χ3n) is 2.99. The van der Waals surface area contributed by atoms with Crippen molar-refractivity contribution in [2.24, 2.45) is 17.8 Å². The number of hydrogen-bond acceptors (Lipinski definition) is 3. The largest absolute Gasteiger partial charge is 0.460 e. The Bertz CT molecular complexity index is 293. The van der Waals surface area contributed by atoms with Crippen molar-refractivity contribution in [1.82, 2.24) is 0 Å². The normalized spacial score (nSPS) is 34.3. The SMILES string of the molecule is CC=C[C@H](C)[C@@H]1OC(=O)C(C)C(=O)[C@@H]1C. The van der Waals surface area contributed by atoms with Crippen LogP contribution >= 0.6 is 0 Å². The van der Waals surface area contributed by atoms with Gasteiger partial charge in [-0.15, -0.1) is 0 Å². The molecule has 0 aromatic rings. The third kappa shape index (κ3) is 2.28. The van der Waals surface area contributed by atoms with Gasteiger partial charge in [-0.05, 0) is 13.8 Å². The fourth-order valence-corrected chi connectivity index (χ4v) is 1.99. The van der Waals surface area contributed by atoms with Gasteiger partial charge >= 0.3 is 5.97 Å². The summed E-state index contributed by atoms with van der Waals surface area (Å²) in [6.45, 7) is 7.31. The molecule has 3 heteroatoms. The first-order chi connectivity index (χ1) is 6.99. The van der Waals surface area contributed by atoms with Crippen molar-refractivity contribution in [2.75, 3.05) is 0 Å². The number of ether oxygens (including phenoxy) is 1. The molecule has 1 saturated heterocycles. The van der Waals surface area contributed by atoms with Crippen molar-refractivity contribution in [3.8, 4) is 0 Å². The summed E-state index contributed by atoms with van der Waals surface area (Å²) in [5.41, 5.74) is 0. The monoisotopic (exact) mass is 210 g/mol. The average molecular weight is 210 g/mol. The Labute approximate surface area is 90.5 Å². The van der Waals surface area contributed by atoms with Crippen LogP contribution in [0.15, 0.2) is 12.2 Å². The van der Waals surface area contributed by atoms with E-state index in [1.165, 1.54) is 0 Å². The maximum absolute atomic E-state index is 11.7. The standard InChI is InChI=1S/C12H18O3/c1-5-6-7(2)11-8(3)10(13)9(4)12(14)15-11/h5-9,11H,1-4H3/t7-,8-,9?,11-/m0/s1. The molecule has 15 heavy (non-hydrogen) atoms. The lowest BCUT2D eigenvalue weighted by Crippen LogP contribution is -2.46. The predicted octanol–water partition coefficient (Wildman–Crippen LogP) is 1.97. The van der Waals surface area contributed by atoms with E-state index in [-0.39, 0.29) is 29.7 Å². The number of rotatable bonds is 2. The Balaban J connectivity index is 2.83. The van der Waals surface area contributed by atoms with E-state index in [9.17, 15) is 9.59 Å². The first-order valence-corrected chi connectivity index (χ1v) is 5.36. The quantitative estimate of drug-likeness (QED) is 0.397. The number of hydrogen-bond donors (Lipinski definition) is 0. The second-order valence-corrected chi connectivity index (χ2v) is 4.20. The van der Waals surface area contributed by atoms with Gasteiger partial charge in [-0.3, -0.25) is 9.59 Å². The minimum atomic E-state index is -0.603. The summed E-state index contributed by atoms with van der Waals surface area (Å²) in [6, 6.07) is 0. The van der Waals surface area contributed by atoms with Gasteiger partial charge in [0, 0.05) is 5.92 Å². The van der Waals surface area contributed by atoms with Crippen LogP contribution in [-0.4, -0.2) is 17.9 Å². The van der Waals surface area contributed by atoms with Crippen molar-refractivity contribution in [1.29, 1.82) is 0 Å². The predicted molar refractivity (Wildman–Crippen MR) is 57.2 cm³/mol. The van der Waals surface area contributed by atoms with Gasteiger partial charge in [0.25, 0.3) is 0 Å². The molecule has 4 atom stereocenters. The highest BCUT2D eigenvalue weighted by atomic mass is 16.5. The van der Waals surface area contributed by atoms with Gasteiger partial charge in [-0.25, -0.2) is 0 Å². The van der Waals surface area contributed by atoms with Crippen LogP contribution in [0.2, 0.25) is 0 Å². The van der Waals surface area contributed by atoms with Crippen molar-refractivity contribution < 1.29 is 14.3 Å². The van der Waals surface area contributed by atoms with Crippen LogP contribution in [0.4, 0.5) is 0 Å². The smallest absolute Gasteiger partial charge is 0.316 e. The summed E-state index contributed by atoms with van der Waals surface area (Å²) in [5, 5.41) is 0. The molecule has 0 bridgehead atoms. The lowest BCUT2D eigenvalue weighted by Gasteiger charge is -2.33. The Morgan fingerprint density at radius 1 is 1.33 bits per heavy atom. The van der Waals surface area contributed by atoms with E-state index in [4.69, 9.17) is 4.74 Å². The number of ketones is 1. The second-order valence-electron chi connectivity index (χ2n) is 4.20. The zero-order valence-electron chi connectivity index (χ0n) is 9.69. The molecule has 0 radical (unpaired) electrons. The maximum Gasteiger partial charge on any atom is 0.316 e. The summed E-state index contributed by atoms with van der Waals surface area (Å²) < 4.78 is 5.28. The van der Waals surface area contributed by atoms with Crippen LogP contribution in [0.3, 0.4) is 0 Å². The minimum absolute atomic E-state index is 0.00685. The Morgan fingerprint density at radius 3 is 2.47 bits per heavy atom. The maximum atomic E-state index is 11.7. The van der Waals surface area contributed by atoms with Crippen LogP contribution in [0.25, 0.3) is 0 Å². The number of carbonyl (C=O) groups excluding carboxylic acids is 2. The fourth-order valence-electron chi connectivity index (χ4n) is 1.99. The van der Waals surface area contributed by atoms with Crippen molar-refractivity contribution in [3.63, 3.8) is 0 Å². The van der Waals surface area contributed by atoms with E-state index in [0.29, 0.717) is 0 Å². The molecule has 1 fully saturated rings. The van der Waals surface area contributed by atoms with E-state index >= 15 is 0 Å². The van der Waals surface area contributed by atoms with E-state index in [2.05, 4.69) is 0 Å². The summed E-state index contributed by atoms with van der Waals surface area (Å²) in [7, 11) is 0. The molecular weight excluding hydrogens is 192 g/mol. The number of allylic oxidation sites excluding steroid dienone is 1. The first-order valence-electron chi connectivity index (χ1n) is 5.36. The van der Waals surface area contributed by atoms with Gasteiger partial charge in [0.2, 0.25) is 0 Å². The van der Waals surface area contributed by atoms with Crippen molar-refractivity contribution in [3.05, 3.63) is 12.2 Å². The zero-order valence-corrected chi connectivity index (χ0v) is 9.69. The first kappa shape index (κ1) is 12.0. The summed E-state index contributed by atoms with van der Waals surface area (Å²) in [5.74, 6) is -1.12. The molecule has 0 saturated carbocycles. The zero-order chi connectivity index (χ0) is 11.6. The summed E-state index contributed by atoms with van der Waals surface area (Å²) in [4.78, 5) is 23.1. The molecule has 0 amide bonds. The minimum Gasteiger partial charge on any atom is -0.460 e. The molecule has 1 rings (SSSR count). The van der Waals surface area contributed by atoms with Gasteiger partial charge in [-0.2, -0.15) is 0 Å². The Morgan fingerprint density at radius 2 is 1.93 bits per heavy atom. The average Bonchev–Trinajstić information content (AvgIpc) is 2.20. The molecule has 1 heterocycles. The molecule has 0 aromatic heterocycles. The van der Waals surface area contributed by atoms with Crippen LogP contribution in [0.1, 0.15) is 27.7 Å². The topological polar surface area (TPSA) is 43.4 Å². The van der Waals surface area contributed by atoms with Crippen LogP contribution < -0.4 is 0 Å². The van der Waals surface area contributed by atoms with Gasteiger partial charge < -0.3 is 4.74 Å². The van der Waals surface area contributed by atoms with Gasteiger partial charge in [0.15, 0.2) is 5.78 Å². The molecule has 1 aliphatic rings. The number of cyclic esters (lactones) is 1. The lowest BCUT2D eigenvalue weighted by atomic mass is 9.83. The molecule has 0 aliphatic carbocycles. The number of esters is 1. The van der Waals surface area contributed by atoms with Gasteiger partial charge in [0.1, 0.15) is 12.0 Å². The molecule has 1 unspecified atom stereocenters.